The molecule has 0 aliphatic carbocycles. The Labute approximate surface area is 92.1 Å². The minimum atomic E-state index is -2.57. The summed E-state index contributed by atoms with van der Waals surface area (Å²) in [7, 11) is 0. The number of hydrogen-bond acceptors (Lipinski definition) is 1. The molecule has 1 aromatic rings. The number of carbonyl (C=O) groups excluding carboxylic acids is 1. The Morgan fingerprint density at radius 1 is 1.33 bits per heavy atom. The van der Waals surface area contributed by atoms with Crippen LogP contribution in [0, 0.1) is 6.92 Å². The van der Waals surface area contributed by atoms with Gasteiger partial charge in [0.05, 0.1) is 5.38 Å². The average molecular weight is 233 g/mol. The number of hydrogen-bond donors (Lipinski definition) is 0. The van der Waals surface area contributed by atoms with Crippen LogP contribution in [0.25, 0.3) is 0 Å². The summed E-state index contributed by atoms with van der Waals surface area (Å²) in [6.07, 6.45) is -2.57. The highest BCUT2D eigenvalue weighted by molar-refractivity contribution is 6.33. The van der Waals surface area contributed by atoms with Crippen molar-refractivity contribution in [1.82, 2.24) is 0 Å². The number of carbonyl (C=O) groups is 1. The Hall–Kier alpha value is -0.960. The standard InChI is InChI=1S/C11H11ClF2O/c1-6-3-8(10(15)7(2)12)5-9(4-6)11(13)14/h3-5,7,11H,1-2H3. The first-order chi connectivity index (χ1) is 6.91. The van der Waals surface area contributed by atoms with Gasteiger partial charge in [0, 0.05) is 11.1 Å². The van der Waals surface area contributed by atoms with Gasteiger partial charge in [-0.05, 0) is 31.5 Å². The first-order valence-corrected chi connectivity index (χ1v) is 4.93. The van der Waals surface area contributed by atoms with E-state index >= 15 is 0 Å². The minimum Gasteiger partial charge on any atom is -0.293 e. The molecule has 0 radical (unpaired) electrons. The molecule has 0 saturated carbocycles. The molecule has 0 aromatic heterocycles. The summed E-state index contributed by atoms with van der Waals surface area (Å²) < 4.78 is 24.9. The summed E-state index contributed by atoms with van der Waals surface area (Å²) in [5, 5.41) is -0.697. The van der Waals surface area contributed by atoms with E-state index in [2.05, 4.69) is 0 Å². The maximum Gasteiger partial charge on any atom is 0.263 e. The average Bonchev–Trinajstić information content (AvgIpc) is 2.15. The number of aryl methyl sites for hydroxylation is 1. The molecule has 4 heteroatoms. The zero-order chi connectivity index (χ0) is 11.6. The van der Waals surface area contributed by atoms with Crippen LogP contribution in [0.5, 0.6) is 0 Å². The number of ketones is 1. The molecular weight excluding hydrogens is 222 g/mol. The maximum absolute atomic E-state index is 12.4. The fourth-order valence-electron chi connectivity index (χ4n) is 1.31. The van der Waals surface area contributed by atoms with Crippen molar-refractivity contribution in [2.45, 2.75) is 25.7 Å². The Bertz CT molecular complexity index is 375. The smallest absolute Gasteiger partial charge is 0.263 e. The van der Waals surface area contributed by atoms with E-state index in [9.17, 15) is 13.6 Å². The molecule has 0 fully saturated rings. The van der Waals surface area contributed by atoms with E-state index in [-0.39, 0.29) is 16.9 Å². The van der Waals surface area contributed by atoms with E-state index in [0.717, 1.165) is 0 Å². The van der Waals surface area contributed by atoms with Gasteiger partial charge in [-0.1, -0.05) is 6.07 Å². The lowest BCUT2D eigenvalue weighted by atomic mass is 10.0. The number of alkyl halides is 3. The molecule has 0 aliphatic rings. The molecule has 82 valence electrons. The first kappa shape index (κ1) is 12.1. The van der Waals surface area contributed by atoms with Gasteiger partial charge >= 0.3 is 0 Å². The third-order valence-electron chi connectivity index (χ3n) is 2.00. The monoisotopic (exact) mass is 232 g/mol. The van der Waals surface area contributed by atoms with Crippen LogP contribution in [0.15, 0.2) is 18.2 Å². The predicted octanol–water partition coefficient (Wildman–Crippen LogP) is 3.74. The molecule has 0 amide bonds. The summed E-state index contributed by atoms with van der Waals surface area (Å²) in [5.74, 6) is -0.331. The lowest BCUT2D eigenvalue weighted by Crippen LogP contribution is -2.11. The van der Waals surface area contributed by atoms with E-state index in [1.165, 1.54) is 19.1 Å². The van der Waals surface area contributed by atoms with Crippen molar-refractivity contribution in [2.24, 2.45) is 0 Å². The van der Waals surface area contributed by atoms with Gasteiger partial charge in [0.25, 0.3) is 6.43 Å². The van der Waals surface area contributed by atoms with Crippen LogP contribution >= 0.6 is 11.6 Å². The molecule has 0 aliphatic heterocycles. The van der Waals surface area contributed by atoms with Gasteiger partial charge in [-0.25, -0.2) is 8.78 Å². The predicted molar refractivity (Wildman–Crippen MR) is 55.8 cm³/mol. The lowest BCUT2D eigenvalue weighted by molar-refractivity contribution is 0.0991. The molecule has 0 N–H and O–H groups in total. The molecule has 15 heavy (non-hydrogen) atoms. The highest BCUT2D eigenvalue weighted by Crippen LogP contribution is 2.22. The summed E-state index contributed by atoms with van der Waals surface area (Å²) in [5.41, 5.74) is 0.733. The largest absolute Gasteiger partial charge is 0.293 e. The van der Waals surface area contributed by atoms with E-state index < -0.39 is 11.8 Å². The Kier molecular flexibility index (Phi) is 3.80. The fourth-order valence-corrected chi connectivity index (χ4v) is 1.44. The molecular formula is C11H11ClF2O. The third-order valence-corrected chi connectivity index (χ3v) is 2.20. The van der Waals surface area contributed by atoms with Crippen molar-refractivity contribution in [3.8, 4) is 0 Å². The van der Waals surface area contributed by atoms with Crippen LogP contribution in [0.1, 0.15) is 34.8 Å². The van der Waals surface area contributed by atoms with Gasteiger partial charge in [0.1, 0.15) is 0 Å². The molecule has 1 nitrogen and oxygen atoms in total. The zero-order valence-electron chi connectivity index (χ0n) is 8.43. The molecule has 0 spiro atoms. The highest BCUT2D eigenvalue weighted by atomic mass is 35.5. The number of halogens is 3. The minimum absolute atomic E-state index is 0.143. The third kappa shape index (κ3) is 2.99. The Morgan fingerprint density at radius 3 is 2.40 bits per heavy atom. The van der Waals surface area contributed by atoms with E-state index in [0.29, 0.717) is 5.56 Å². The summed E-state index contributed by atoms with van der Waals surface area (Å²) in [4.78, 5) is 11.5. The van der Waals surface area contributed by atoms with Crippen molar-refractivity contribution >= 4 is 17.4 Å². The van der Waals surface area contributed by atoms with Gasteiger partial charge in [0.2, 0.25) is 0 Å². The lowest BCUT2D eigenvalue weighted by Gasteiger charge is -2.07. The quantitative estimate of drug-likeness (QED) is 0.573. The van der Waals surface area contributed by atoms with Gasteiger partial charge in [-0.3, -0.25) is 4.79 Å². The fraction of sp³-hybridized carbons (Fsp3) is 0.364. The SMILES string of the molecule is Cc1cc(C(=O)C(C)Cl)cc(C(F)F)c1. The molecule has 1 aromatic carbocycles. The summed E-state index contributed by atoms with van der Waals surface area (Å²) in [6.45, 7) is 3.19. The van der Waals surface area contributed by atoms with Crippen molar-refractivity contribution in [1.29, 1.82) is 0 Å². The highest BCUT2D eigenvalue weighted by Gasteiger charge is 2.16. The van der Waals surface area contributed by atoms with Gasteiger partial charge in [-0.2, -0.15) is 0 Å². The second kappa shape index (κ2) is 4.71. The molecule has 1 rings (SSSR count). The van der Waals surface area contributed by atoms with Crippen molar-refractivity contribution in [3.05, 3.63) is 34.9 Å². The van der Waals surface area contributed by atoms with E-state index in [1.54, 1.807) is 13.0 Å². The molecule has 0 heterocycles. The zero-order valence-corrected chi connectivity index (χ0v) is 9.18. The molecule has 1 atom stereocenters. The van der Waals surface area contributed by atoms with Gasteiger partial charge < -0.3 is 0 Å². The Balaban J connectivity index is 3.14. The number of Topliss-reactive ketones (excluding diaryl/α,β-unsaturated/α-hetero) is 1. The topological polar surface area (TPSA) is 17.1 Å². The van der Waals surface area contributed by atoms with Crippen molar-refractivity contribution in [2.75, 3.05) is 0 Å². The number of rotatable bonds is 3. The van der Waals surface area contributed by atoms with Crippen LogP contribution < -0.4 is 0 Å². The normalized spacial score (nSPS) is 12.9. The van der Waals surface area contributed by atoms with E-state index in [4.69, 9.17) is 11.6 Å². The van der Waals surface area contributed by atoms with Crippen LogP contribution in [0.2, 0.25) is 0 Å². The number of benzene rings is 1. The summed E-state index contributed by atoms with van der Waals surface area (Å²) >= 11 is 5.61. The van der Waals surface area contributed by atoms with Crippen LogP contribution in [-0.4, -0.2) is 11.2 Å². The molecule has 0 saturated heterocycles. The molecule has 1 unspecified atom stereocenters. The van der Waals surface area contributed by atoms with Crippen LogP contribution in [-0.2, 0) is 0 Å². The van der Waals surface area contributed by atoms with E-state index in [1.807, 2.05) is 0 Å². The Morgan fingerprint density at radius 2 is 1.93 bits per heavy atom. The van der Waals surface area contributed by atoms with Gasteiger partial charge in [-0.15, -0.1) is 11.6 Å². The maximum atomic E-state index is 12.4. The molecule has 0 bridgehead atoms. The first-order valence-electron chi connectivity index (χ1n) is 4.50. The second-order valence-electron chi connectivity index (χ2n) is 3.41. The van der Waals surface area contributed by atoms with Crippen LogP contribution in [0.4, 0.5) is 8.78 Å². The second-order valence-corrected chi connectivity index (χ2v) is 4.07. The van der Waals surface area contributed by atoms with Crippen molar-refractivity contribution < 1.29 is 13.6 Å². The van der Waals surface area contributed by atoms with Crippen molar-refractivity contribution in [3.63, 3.8) is 0 Å². The summed E-state index contributed by atoms with van der Waals surface area (Å²) in [6, 6.07) is 4.12. The van der Waals surface area contributed by atoms with Crippen LogP contribution in [0.3, 0.4) is 0 Å². The van der Waals surface area contributed by atoms with Gasteiger partial charge in [0.15, 0.2) is 5.78 Å².